The van der Waals surface area contributed by atoms with Crippen LogP contribution in [0.5, 0.6) is 0 Å². The van der Waals surface area contributed by atoms with E-state index in [9.17, 15) is 4.79 Å². The lowest BCUT2D eigenvalue weighted by Gasteiger charge is -2.30. The highest BCUT2D eigenvalue weighted by atomic mass is 16.1. The summed E-state index contributed by atoms with van der Waals surface area (Å²) in [5.41, 5.74) is 5.38. The van der Waals surface area contributed by atoms with Crippen LogP contribution in [0.15, 0.2) is 17.2 Å². The van der Waals surface area contributed by atoms with Crippen molar-refractivity contribution < 1.29 is 0 Å². The summed E-state index contributed by atoms with van der Waals surface area (Å²) in [5.74, 6) is 0.519. The lowest BCUT2D eigenvalue weighted by molar-refractivity contribution is 0.258. The summed E-state index contributed by atoms with van der Waals surface area (Å²) in [6.45, 7) is 6.75. The van der Waals surface area contributed by atoms with E-state index in [0.29, 0.717) is 12.5 Å². The van der Waals surface area contributed by atoms with E-state index in [1.807, 2.05) is 6.92 Å². The normalized spacial score (nSPS) is 15.8. The molecular formula is C10H19N3O. The van der Waals surface area contributed by atoms with Gasteiger partial charge in [0, 0.05) is 18.9 Å². The van der Waals surface area contributed by atoms with Crippen molar-refractivity contribution in [2.75, 3.05) is 6.54 Å². The molecule has 0 saturated carbocycles. The van der Waals surface area contributed by atoms with Gasteiger partial charge < -0.3 is 10.7 Å². The number of aromatic nitrogens is 2. The number of nitrogens with zero attached hydrogens (tertiary/aromatic N) is 1. The first-order valence-corrected chi connectivity index (χ1v) is 4.96. The minimum atomic E-state index is -0.273. The van der Waals surface area contributed by atoms with Crippen molar-refractivity contribution in [2.24, 2.45) is 11.7 Å². The van der Waals surface area contributed by atoms with E-state index in [1.54, 1.807) is 17.0 Å². The molecule has 3 N–H and O–H groups in total. The lowest BCUT2D eigenvalue weighted by Crippen LogP contribution is -2.44. The molecule has 0 aliphatic rings. The van der Waals surface area contributed by atoms with Crippen LogP contribution in [0.1, 0.15) is 27.2 Å². The molecule has 1 unspecified atom stereocenters. The number of H-pyrrole nitrogens is 1. The SMILES string of the molecule is CC(C)CC(C)(CN)n1cc[nH]c1=O. The molecule has 0 fully saturated rings. The fraction of sp³-hybridized carbons (Fsp3) is 0.700. The number of nitrogens with two attached hydrogens (primary N) is 1. The van der Waals surface area contributed by atoms with Gasteiger partial charge in [0.15, 0.2) is 0 Å². The van der Waals surface area contributed by atoms with Crippen molar-refractivity contribution in [3.05, 3.63) is 22.9 Å². The van der Waals surface area contributed by atoms with Crippen LogP contribution in [-0.4, -0.2) is 16.1 Å². The summed E-state index contributed by atoms with van der Waals surface area (Å²) in [6.07, 6.45) is 4.31. The van der Waals surface area contributed by atoms with Gasteiger partial charge in [-0.3, -0.25) is 4.57 Å². The number of imidazole rings is 1. The summed E-state index contributed by atoms with van der Waals surface area (Å²) in [7, 11) is 0. The van der Waals surface area contributed by atoms with E-state index in [4.69, 9.17) is 5.73 Å². The minimum absolute atomic E-state index is 0.0846. The maximum atomic E-state index is 11.5. The molecule has 1 rings (SSSR count). The monoisotopic (exact) mass is 197 g/mol. The van der Waals surface area contributed by atoms with Crippen LogP contribution < -0.4 is 11.4 Å². The van der Waals surface area contributed by atoms with Gasteiger partial charge in [0.1, 0.15) is 0 Å². The molecule has 1 aromatic rings. The molecule has 14 heavy (non-hydrogen) atoms. The number of rotatable bonds is 4. The van der Waals surface area contributed by atoms with Crippen LogP contribution in [0.2, 0.25) is 0 Å². The molecule has 1 atom stereocenters. The van der Waals surface area contributed by atoms with Gasteiger partial charge >= 0.3 is 5.69 Å². The molecule has 1 aromatic heterocycles. The molecule has 0 aliphatic carbocycles. The van der Waals surface area contributed by atoms with E-state index in [0.717, 1.165) is 6.42 Å². The highest BCUT2D eigenvalue weighted by molar-refractivity contribution is 4.90. The zero-order valence-electron chi connectivity index (χ0n) is 9.08. The van der Waals surface area contributed by atoms with Gasteiger partial charge in [-0.15, -0.1) is 0 Å². The Bertz CT molecular complexity index is 339. The zero-order chi connectivity index (χ0) is 10.8. The number of hydrogen-bond donors (Lipinski definition) is 2. The van der Waals surface area contributed by atoms with Gasteiger partial charge in [0.25, 0.3) is 0 Å². The third kappa shape index (κ3) is 2.07. The molecule has 0 amide bonds. The van der Waals surface area contributed by atoms with Gasteiger partial charge in [0.05, 0.1) is 5.54 Å². The molecule has 80 valence electrons. The lowest BCUT2D eigenvalue weighted by atomic mass is 9.90. The molecule has 1 heterocycles. The molecule has 4 nitrogen and oxygen atoms in total. The minimum Gasteiger partial charge on any atom is -0.328 e. The first-order valence-electron chi connectivity index (χ1n) is 4.96. The fourth-order valence-corrected chi connectivity index (χ4v) is 1.90. The van der Waals surface area contributed by atoms with Crippen LogP contribution in [0.3, 0.4) is 0 Å². The molecule has 0 aromatic carbocycles. The smallest absolute Gasteiger partial charge is 0.326 e. The molecule has 4 heteroatoms. The highest BCUT2D eigenvalue weighted by Crippen LogP contribution is 2.21. The third-order valence-corrected chi connectivity index (χ3v) is 2.52. The maximum Gasteiger partial charge on any atom is 0.326 e. The number of hydrogen-bond acceptors (Lipinski definition) is 2. The largest absolute Gasteiger partial charge is 0.328 e. The Labute approximate surface area is 84.1 Å². The van der Waals surface area contributed by atoms with Crippen LogP contribution in [0.25, 0.3) is 0 Å². The van der Waals surface area contributed by atoms with Crippen LogP contribution in [0, 0.1) is 5.92 Å². The quantitative estimate of drug-likeness (QED) is 0.753. The standard InChI is InChI=1S/C10H19N3O/c1-8(2)6-10(3,7-11)13-5-4-12-9(13)14/h4-5,8H,6-7,11H2,1-3H3,(H,12,14). The Morgan fingerprint density at radius 1 is 1.64 bits per heavy atom. The molecule has 0 aliphatic heterocycles. The van der Waals surface area contributed by atoms with Gasteiger partial charge in [-0.1, -0.05) is 13.8 Å². The number of nitrogens with one attached hydrogen (secondary N) is 1. The zero-order valence-corrected chi connectivity index (χ0v) is 9.08. The van der Waals surface area contributed by atoms with Crippen molar-refractivity contribution in [2.45, 2.75) is 32.7 Å². The van der Waals surface area contributed by atoms with Crippen molar-refractivity contribution in [1.29, 1.82) is 0 Å². The van der Waals surface area contributed by atoms with E-state index >= 15 is 0 Å². The maximum absolute atomic E-state index is 11.5. The first kappa shape index (κ1) is 11.0. The third-order valence-electron chi connectivity index (χ3n) is 2.52. The predicted molar refractivity (Wildman–Crippen MR) is 57.2 cm³/mol. The van der Waals surface area contributed by atoms with Crippen molar-refractivity contribution in [3.8, 4) is 0 Å². The Morgan fingerprint density at radius 2 is 2.29 bits per heavy atom. The van der Waals surface area contributed by atoms with E-state index < -0.39 is 0 Å². The van der Waals surface area contributed by atoms with Crippen molar-refractivity contribution in [3.63, 3.8) is 0 Å². The molecule has 0 saturated heterocycles. The van der Waals surface area contributed by atoms with Crippen molar-refractivity contribution in [1.82, 2.24) is 9.55 Å². The van der Waals surface area contributed by atoms with Gasteiger partial charge in [-0.05, 0) is 19.3 Å². The average molecular weight is 197 g/mol. The average Bonchev–Trinajstić information content (AvgIpc) is 2.50. The van der Waals surface area contributed by atoms with Crippen LogP contribution >= 0.6 is 0 Å². The molecule has 0 radical (unpaired) electrons. The van der Waals surface area contributed by atoms with E-state index in [1.165, 1.54) is 0 Å². The van der Waals surface area contributed by atoms with Crippen LogP contribution in [-0.2, 0) is 5.54 Å². The summed E-state index contributed by atoms with van der Waals surface area (Å²) in [5, 5.41) is 0. The van der Waals surface area contributed by atoms with Gasteiger partial charge in [-0.2, -0.15) is 0 Å². The Hall–Kier alpha value is -1.03. The highest BCUT2D eigenvalue weighted by Gasteiger charge is 2.26. The summed E-state index contributed by atoms with van der Waals surface area (Å²) >= 11 is 0. The second kappa shape index (κ2) is 4.00. The topological polar surface area (TPSA) is 63.8 Å². The number of aromatic amines is 1. The summed E-state index contributed by atoms with van der Waals surface area (Å²) in [6, 6.07) is 0. The predicted octanol–water partition coefficient (Wildman–Crippen LogP) is 0.896. The Morgan fingerprint density at radius 3 is 2.64 bits per heavy atom. The first-order chi connectivity index (χ1) is 6.49. The second-order valence-electron chi connectivity index (χ2n) is 4.43. The molecular weight excluding hydrogens is 178 g/mol. The van der Waals surface area contributed by atoms with Gasteiger partial charge in [0.2, 0.25) is 0 Å². The van der Waals surface area contributed by atoms with Gasteiger partial charge in [-0.25, -0.2) is 4.79 Å². The molecule has 0 spiro atoms. The molecule has 0 bridgehead atoms. The van der Waals surface area contributed by atoms with E-state index in [2.05, 4.69) is 18.8 Å². The van der Waals surface area contributed by atoms with Crippen LogP contribution in [0.4, 0.5) is 0 Å². The summed E-state index contributed by atoms with van der Waals surface area (Å²) < 4.78 is 1.69. The Kier molecular flexibility index (Phi) is 3.16. The van der Waals surface area contributed by atoms with E-state index in [-0.39, 0.29) is 11.2 Å². The summed E-state index contributed by atoms with van der Waals surface area (Å²) in [4.78, 5) is 14.1. The second-order valence-corrected chi connectivity index (χ2v) is 4.43. The Balaban J connectivity index is 3.01. The van der Waals surface area contributed by atoms with Crippen molar-refractivity contribution >= 4 is 0 Å². The fourth-order valence-electron chi connectivity index (χ4n) is 1.90.